The second kappa shape index (κ2) is 7.62. The monoisotopic (exact) mass is 393 g/mol. The van der Waals surface area contributed by atoms with Crippen molar-refractivity contribution in [1.82, 2.24) is 9.78 Å². The molecule has 0 saturated heterocycles. The van der Waals surface area contributed by atoms with E-state index in [0.29, 0.717) is 11.4 Å². The molecule has 0 bridgehead atoms. The fourth-order valence-electron chi connectivity index (χ4n) is 3.39. The van der Waals surface area contributed by atoms with Crippen LogP contribution in [-0.2, 0) is 5.41 Å². The Morgan fingerprint density at radius 3 is 2.41 bits per heavy atom. The molecule has 0 aliphatic rings. The highest BCUT2D eigenvalue weighted by Gasteiger charge is 2.26. The molecule has 0 radical (unpaired) electrons. The molecule has 0 aliphatic carbocycles. The van der Waals surface area contributed by atoms with E-state index < -0.39 is 5.97 Å². The van der Waals surface area contributed by atoms with Crippen LogP contribution >= 0.6 is 0 Å². The van der Waals surface area contributed by atoms with Gasteiger partial charge in [0, 0.05) is 11.0 Å². The lowest BCUT2D eigenvalue weighted by Crippen LogP contribution is -2.14. The molecule has 152 valence electrons. The van der Waals surface area contributed by atoms with Crippen LogP contribution in [0.5, 0.6) is 5.75 Å². The smallest absolute Gasteiger partial charge is 0.337 e. The molecule has 0 aliphatic heterocycles. The van der Waals surface area contributed by atoms with E-state index >= 15 is 0 Å². The summed E-state index contributed by atoms with van der Waals surface area (Å²) in [5, 5.41) is 17.9. The molecule has 6 heteroatoms. The van der Waals surface area contributed by atoms with Gasteiger partial charge in [0.2, 0.25) is 0 Å². The minimum absolute atomic E-state index is 0.138. The first kappa shape index (κ1) is 20.5. The second-order valence-corrected chi connectivity index (χ2v) is 8.11. The summed E-state index contributed by atoms with van der Waals surface area (Å²) in [6, 6.07) is 13.0. The van der Waals surface area contributed by atoms with Crippen LogP contribution in [0.3, 0.4) is 0 Å². The fourth-order valence-corrected chi connectivity index (χ4v) is 3.39. The number of hydrogen-bond acceptors (Lipinski definition) is 4. The Hall–Kier alpha value is -3.28. The zero-order valence-electron chi connectivity index (χ0n) is 17.7. The Kier molecular flexibility index (Phi) is 5.38. The summed E-state index contributed by atoms with van der Waals surface area (Å²) < 4.78 is 7.05. The van der Waals surface area contributed by atoms with Crippen LogP contribution < -0.4 is 10.1 Å². The summed E-state index contributed by atoms with van der Waals surface area (Å²) in [7, 11) is 1.51. The topological polar surface area (TPSA) is 76.4 Å². The SMILES string of the molecule is COc1ccc(Nc2c(C)c(C(C)(C)C)nn2-c2ccccc2C)c(C(=O)O)c1. The number of carboxylic acid groups (broad SMARTS) is 1. The maximum absolute atomic E-state index is 11.8. The largest absolute Gasteiger partial charge is 0.497 e. The van der Waals surface area contributed by atoms with Gasteiger partial charge in [0.15, 0.2) is 0 Å². The third kappa shape index (κ3) is 3.97. The van der Waals surface area contributed by atoms with Gasteiger partial charge in [-0.2, -0.15) is 5.10 Å². The number of nitrogens with zero attached hydrogens (tertiary/aromatic N) is 2. The molecule has 2 aromatic carbocycles. The van der Waals surface area contributed by atoms with Gasteiger partial charge in [0.1, 0.15) is 11.6 Å². The van der Waals surface area contributed by atoms with Gasteiger partial charge in [-0.15, -0.1) is 0 Å². The van der Waals surface area contributed by atoms with E-state index in [0.717, 1.165) is 28.3 Å². The van der Waals surface area contributed by atoms with Crippen molar-refractivity contribution < 1.29 is 14.6 Å². The summed E-state index contributed by atoms with van der Waals surface area (Å²) in [5.41, 5.74) is 4.41. The van der Waals surface area contributed by atoms with Crippen LogP contribution in [0.15, 0.2) is 42.5 Å². The van der Waals surface area contributed by atoms with E-state index in [4.69, 9.17) is 9.84 Å². The molecule has 3 rings (SSSR count). The lowest BCUT2D eigenvalue weighted by molar-refractivity contribution is 0.0697. The highest BCUT2D eigenvalue weighted by Crippen LogP contribution is 2.35. The highest BCUT2D eigenvalue weighted by molar-refractivity contribution is 5.95. The summed E-state index contributed by atoms with van der Waals surface area (Å²) in [4.78, 5) is 11.8. The number of aryl methyl sites for hydroxylation is 1. The van der Waals surface area contributed by atoms with Gasteiger partial charge in [-0.25, -0.2) is 9.48 Å². The van der Waals surface area contributed by atoms with Crippen molar-refractivity contribution in [1.29, 1.82) is 0 Å². The molecule has 0 unspecified atom stereocenters. The van der Waals surface area contributed by atoms with Crippen LogP contribution in [0.25, 0.3) is 5.69 Å². The molecule has 29 heavy (non-hydrogen) atoms. The maximum atomic E-state index is 11.8. The standard InChI is InChI=1S/C23H27N3O3/c1-14-9-7-8-10-19(14)26-21(15(2)20(25-26)23(3,4)5)24-18-12-11-16(29-6)13-17(18)22(27)28/h7-13,24H,1-6H3,(H,27,28). The van der Waals surface area contributed by atoms with E-state index in [9.17, 15) is 9.90 Å². The second-order valence-electron chi connectivity index (χ2n) is 8.11. The van der Waals surface area contributed by atoms with Crippen LogP contribution in [0.2, 0.25) is 0 Å². The first-order valence-electron chi connectivity index (χ1n) is 9.48. The zero-order chi connectivity index (χ0) is 21.3. The van der Waals surface area contributed by atoms with Crippen molar-refractivity contribution in [3.63, 3.8) is 0 Å². The quantitative estimate of drug-likeness (QED) is 0.620. The lowest BCUT2D eigenvalue weighted by Gasteiger charge is -2.16. The van der Waals surface area contributed by atoms with Crippen molar-refractivity contribution in [2.75, 3.05) is 12.4 Å². The molecule has 2 N–H and O–H groups in total. The predicted molar refractivity (Wildman–Crippen MR) is 115 cm³/mol. The minimum atomic E-state index is -1.03. The average molecular weight is 393 g/mol. The molecule has 6 nitrogen and oxygen atoms in total. The lowest BCUT2D eigenvalue weighted by atomic mass is 9.90. The summed E-state index contributed by atoms with van der Waals surface area (Å²) >= 11 is 0. The van der Waals surface area contributed by atoms with Gasteiger partial charge in [0.25, 0.3) is 0 Å². The van der Waals surface area contributed by atoms with E-state index in [-0.39, 0.29) is 11.0 Å². The number of aromatic carboxylic acids is 1. The normalized spacial score (nSPS) is 11.4. The fraction of sp³-hybridized carbons (Fsp3) is 0.304. The molecule has 0 atom stereocenters. The highest BCUT2D eigenvalue weighted by atomic mass is 16.5. The molecule has 1 aromatic heterocycles. The number of para-hydroxylation sites is 1. The molecule has 3 aromatic rings. The Morgan fingerprint density at radius 1 is 1.14 bits per heavy atom. The number of hydrogen-bond donors (Lipinski definition) is 2. The van der Waals surface area contributed by atoms with Gasteiger partial charge in [-0.3, -0.25) is 0 Å². The van der Waals surface area contributed by atoms with Gasteiger partial charge in [0.05, 0.1) is 29.7 Å². The first-order valence-corrected chi connectivity index (χ1v) is 9.48. The summed E-state index contributed by atoms with van der Waals surface area (Å²) in [6.45, 7) is 10.4. The Balaban J connectivity index is 2.21. The van der Waals surface area contributed by atoms with E-state index in [1.807, 2.05) is 42.8 Å². The van der Waals surface area contributed by atoms with Crippen LogP contribution in [0, 0.1) is 13.8 Å². The molecule has 0 saturated carbocycles. The van der Waals surface area contributed by atoms with Gasteiger partial charge < -0.3 is 15.2 Å². The summed E-state index contributed by atoms with van der Waals surface area (Å²) in [6.07, 6.45) is 0. The molecule has 0 amide bonds. The molecule has 0 fully saturated rings. The number of aromatic nitrogens is 2. The predicted octanol–water partition coefficient (Wildman–Crippen LogP) is 5.24. The summed E-state index contributed by atoms with van der Waals surface area (Å²) in [5.74, 6) is 0.214. The third-order valence-corrected chi connectivity index (χ3v) is 4.89. The number of carbonyl (C=O) groups is 1. The van der Waals surface area contributed by atoms with E-state index in [2.05, 4.69) is 26.1 Å². The van der Waals surface area contributed by atoms with Crippen LogP contribution in [0.1, 0.15) is 48.0 Å². The van der Waals surface area contributed by atoms with Gasteiger partial charge in [-0.1, -0.05) is 39.0 Å². The third-order valence-electron chi connectivity index (χ3n) is 4.89. The Labute approximate surface area is 171 Å². The molecule has 1 heterocycles. The Morgan fingerprint density at radius 2 is 1.83 bits per heavy atom. The number of rotatable bonds is 5. The maximum Gasteiger partial charge on any atom is 0.337 e. The molecule has 0 spiro atoms. The average Bonchev–Trinajstić information content (AvgIpc) is 2.99. The number of benzene rings is 2. The number of nitrogens with one attached hydrogen (secondary N) is 1. The van der Waals surface area contributed by atoms with E-state index in [1.54, 1.807) is 12.1 Å². The number of methoxy groups -OCH3 is 1. The van der Waals surface area contributed by atoms with Gasteiger partial charge in [-0.05, 0) is 43.7 Å². The number of carboxylic acids is 1. The van der Waals surface area contributed by atoms with Gasteiger partial charge >= 0.3 is 5.97 Å². The minimum Gasteiger partial charge on any atom is -0.497 e. The van der Waals surface area contributed by atoms with E-state index in [1.165, 1.54) is 13.2 Å². The van der Waals surface area contributed by atoms with Crippen molar-refractivity contribution in [2.45, 2.75) is 40.0 Å². The zero-order valence-corrected chi connectivity index (χ0v) is 17.7. The number of ether oxygens (including phenoxy) is 1. The van der Waals surface area contributed by atoms with Crippen LogP contribution in [-0.4, -0.2) is 28.0 Å². The van der Waals surface area contributed by atoms with Crippen molar-refractivity contribution in [3.8, 4) is 11.4 Å². The first-order chi connectivity index (χ1) is 13.6. The molecular formula is C23H27N3O3. The van der Waals surface area contributed by atoms with Crippen molar-refractivity contribution in [2.24, 2.45) is 0 Å². The Bertz CT molecular complexity index is 1060. The van der Waals surface area contributed by atoms with Crippen molar-refractivity contribution in [3.05, 3.63) is 64.8 Å². The van der Waals surface area contributed by atoms with Crippen LogP contribution in [0.4, 0.5) is 11.5 Å². The molecular weight excluding hydrogens is 366 g/mol. The van der Waals surface area contributed by atoms with Crippen molar-refractivity contribution >= 4 is 17.5 Å². The number of anilines is 2.